The molecule has 5 heteroatoms. The molecule has 142 valence electrons. The van der Waals surface area contributed by atoms with Gasteiger partial charge in [-0.15, -0.1) is 0 Å². The molecule has 3 fully saturated rings. The molecule has 0 radical (unpaired) electrons. The van der Waals surface area contributed by atoms with Gasteiger partial charge in [-0.2, -0.15) is 0 Å². The minimum atomic E-state index is 0.212. The van der Waals surface area contributed by atoms with Gasteiger partial charge in [0, 0.05) is 43.5 Å². The summed E-state index contributed by atoms with van der Waals surface area (Å²) in [5.74, 6) is 0.212. The van der Waals surface area contributed by atoms with Crippen LogP contribution < -0.4 is 4.90 Å². The minimum Gasteiger partial charge on any atom is -0.378 e. The second-order valence-corrected chi connectivity index (χ2v) is 7.81. The van der Waals surface area contributed by atoms with E-state index in [0.29, 0.717) is 6.04 Å². The van der Waals surface area contributed by atoms with E-state index >= 15 is 0 Å². The number of rotatable bonds is 4. The number of hydrogen-bond donors (Lipinski definition) is 0. The van der Waals surface area contributed by atoms with E-state index < -0.39 is 0 Å². The molecule has 4 rings (SSSR count). The van der Waals surface area contributed by atoms with Crippen LogP contribution in [-0.2, 0) is 4.74 Å². The highest BCUT2D eigenvalue weighted by Crippen LogP contribution is 2.24. The molecule has 0 N–H and O–H groups in total. The van der Waals surface area contributed by atoms with E-state index in [9.17, 15) is 4.79 Å². The standard InChI is InChI=1S/C21H31N3O2/c25-21(18-6-5-8-19(16-18)23-12-14-26-15-13-23)24-11-2-1-7-20(24)17-22-9-3-4-10-22/h5-6,8,16,20H,1-4,7,9-15,17H2/t20-/m1/s1. The summed E-state index contributed by atoms with van der Waals surface area (Å²) in [5, 5.41) is 0. The summed E-state index contributed by atoms with van der Waals surface area (Å²) < 4.78 is 5.45. The third kappa shape index (κ3) is 4.04. The Kier molecular flexibility index (Phi) is 5.75. The summed E-state index contributed by atoms with van der Waals surface area (Å²) in [7, 11) is 0. The fourth-order valence-electron chi connectivity index (χ4n) is 4.54. The van der Waals surface area contributed by atoms with Crippen molar-refractivity contribution in [2.45, 2.75) is 38.1 Å². The normalized spacial score (nSPS) is 24.8. The van der Waals surface area contributed by atoms with Gasteiger partial charge in [-0.1, -0.05) is 6.07 Å². The highest BCUT2D eigenvalue weighted by atomic mass is 16.5. The van der Waals surface area contributed by atoms with Gasteiger partial charge in [-0.3, -0.25) is 4.79 Å². The maximum atomic E-state index is 13.3. The lowest BCUT2D eigenvalue weighted by Gasteiger charge is -2.38. The Labute approximate surface area is 156 Å². The topological polar surface area (TPSA) is 36.0 Å². The number of carbonyl (C=O) groups excluding carboxylic acids is 1. The molecule has 1 amide bonds. The first-order valence-electron chi connectivity index (χ1n) is 10.3. The molecule has 3 aliphatic rings. The Morgan fingerprint density at radius 2 is 1.77 bits per heavy atom. The van der Waals surface area contributed by atoms with E-state index in [1.165, 1.54) is 32.4 Å². The van der Waals surface area contributed by atoms with E-state index in [1.54, 1.807) is 0 Å². The van der Waals surface area contributed by atoms with Crippen molar-refractivity contribution in [1.82, 2.24) is 9.80 Å². The summed E-state index contributed by atoms with van der Waals surface area (Å²) in [6.45, 7) is 7.69. The van der Waals surface area contributed by atoms with Crippen LogP contribution in [-0.4, -0.2) is 74.2 Å². The van der Waals surface area contributed by atoms with Gasteiger partial charge in [0.15, 0.2) is 0 Å². The van der Waals surface area contributed by atoms with E-state index in [2.05, 4.69) is 26.8 Å². The minimum absolute atomic E-state index is 0.212. The first-order chi connectivity index (χ1) is 12.8. The Bertz CT molecular complexity index is 609. The molecule has 0 aromatic heterocycles. The lowest BCUT2D eigenvalue weighted by molar-refractivity contribution is 0.0560. The Balaban J connectivity index is 1.47. The van der Waals surface area contributed by atoms with Crippen molar-refractivity contribution in [2.75, 3.05) is 57.4 Å². The number of anilines is 1. The van der Waals surface area contributed by atoms with Crippen LogP contribution in [0.1, 0.15) is 42.5 Å². The lowest BCUT2D eigenvalue weighted by Crippen LogP contribution is -2.49. The number of piperidine rings is 1. The smallest absolute Gasteiger partial charge is 0.254 e. The zero-order valence-corrected chi connectivity index (χ0v) is 15.7. The van der Waals surface area contributed by atoms with Crippen molar-refractivity contribution in [2.24, 2.45) is 0 Å². The molecular formula is C21H31N3O2. The predicted molar refractivity (Wildman–Crippen MR) is 104 cm³/mol. The van der Waals surface area contributed by atoms with Crippen LogP contribution in [0.3, 0.4) is 0 Å². The molecule has 1 aromatic carbocycles. The van der Waals surface area contributed by atoms with Crippen molar-refractivity contribution in [3.8, 4) is 0 Å². The van der Waals surface area contributed by atoms with Gasteiger partial charge in [-0.25, -0.2) is 0 Å². The number of ether oxygens (including phenoxy) is 1. The van der Waals surface area contributed by atoms with Gasteiger partial charge in [0.25, 0.3) is 5.91 Å². The van der Waals surface area contributed by atoms with Gasteiger partial charge < -0.3 is 19.4 Å². The molecule has 0 bridgehead atoms. The Morgan fingerprint density at radius 3 is 2.58 bits per heavy atom. The lowest BCUT2D eigenvalue weighted by atomic mass is 10.00. The maximum Gasteiger partial charge on any atom is 0.254 e. The van der Waals surface area contributed by atoms with Crippen molar-refractivity contribution in [3.63, 3.8) is 0 Å². The van der Waals surface area contributed by atoms with E-state index in [0.717, 1.165) is 63.5 Å². The molecule has 0 aliphatic carbocycles. The summed E-state index contributed by atoms with van der Waals surface area (Å²) in [4.78, 5) is 20.3. The van der Waals surface area contributed by atoms with Crippen LogP contribution in [0.25, 0.3) is 0 Å². The van der Waals surface area contributed by atoms with Crippen molar-refractivity contribution in [3.05, 3.63) is 29.8 Å². The van der Waals surface area contributed by atoms with Gasteiger partial charge in [-0.05, 0) is 63.4 Å². The third-order valence-electron chi connectivity index (χ3n) is 6.02. The summed E-state index contributed by atoms with van der Waals surface area (Å²) in [6.07, 6.45) is 6.14. The first kappa shape index (κ1) is 17.8. The molecule has 1 atom stereocenters. The highest BCUT2D eigenvalue weighted by molar-refractivity contribution is 5.95. The molecule has 3 aliphatic heterocycles. The van der Waals surface area contributed by atoms with E-state index in [-0.39, 0.29) is 5.91 Å². The predicted octanol–water partition coefficient (Wildman–Crippen LogP) is 2.61. The summed E-state index contributed by atoms with van der Waals surface area (Å²) in [5.41, 5.74) is 1.98. The average molecular weight is 357 g/mol. The molecule has 5 nitrogen and oxygen atoms in total. The number of hydrogen-bond acceptors (Lipinski definition) is 4. The van der Waals surface area contributed by atoms with Crippen LogP contribution in [0.15, 0.2) is 24.3 Å². The van der Waals surface area contributed by atoms with E-state index in [1.807, 2.05) is 12.1 Å². The molecule has 3 heterocycles. The fourth-order valence-corrected chi connectivity index (χ4v) is 4.54. The third-order valence-corrected chi connectivity index (χ3v) is 6.02. The fraction of sp³-hybridized carbons (Fsp3) is 0.667. The Morgan fingerprint density at radius 1 is 1.00 bits per heavy atom. The second-order valence-electron chi connectivity index (χ2n) is 7.81. The average Bonchev–Trinajstić information content (AvgIpc) is 3.22. The summed E-state index contributed by atoms with van der Waals surface area (Å²) >= 11 is 0. The highest BCUT2D eigenvalue weighted by Gasteiger charge is 2.30. The SMILES string of the molecule is O=C(c1cccc(N2CCOCC2)c1)N1CCCC[C@@H]1CN1CCCC1. The van der Waals surface area contributed by atoms with Crippen LogP contribution in [0, 0.1) is 0 Å². The number of likely N-dealkylation sites (tertiary alicyclic amines) is 2. The molecule has 1 aromatic rings. The van der Waals surface area contributed by atoms with Crippen molar-refractivity contribution in [1.29, 1.82) is 0 Å². The van der Waals surface area contributed by atoms with Crippen molar-refractivity contribution >= 4 is 11.6 Å². The van der Waals surface area contributed by atoms with Gasteiger partial charge in [0.1, 0.15) is 0 Å². The van der Waals surface area contributed by atoms with Gasteiger partial charge >= 0.3 is 0 Å². The van der Waals surface area contributed by atoms with Gasteiger partial charge in [0.05, 0.1) is 13.2 Å². The molecule has 26 heavy (non-hydrogen) atoms. The molecular weight excluding hydrogens is 326 g/mol. The number of benzene rings is 1. The molecule has 0 saturated carbocycles. The zero-order chi connectivity index (χ0) is 17.8. The van der Waals surface area contributed by atoms with Crippen LogP contribution >= 0.6 is 0 Å². The quantitative estimate of drug-likeness (QED) is 0.830. The molecule has 0 unspecified atom stereocenters. The number of amides is 1. The molecule has 3 saturated heterocycles. The number of morpholine rings is 1. The van der Waals surface area contributed by atoms with Crippen molar-refractivity contribution < 1.29 is 9.53 Å². The first-order valence-corrected chi connectivity index (χ1v) is 10.3. The summed E-state index contributed by atoms with van der Waals surface area (Å²) in [6, 6.07) is 8.57. The Hall–Kier alpha value is -1.59. The largest absolute Gasteiger partial charge is 0.378 e. The maximum absolute atomic E-state index is 13.3. The monoisotopic (exact) mass is 357 g/mol. The number of nitrogens with zero attached hydrogens (tertiary/aromatic N) is 3. The number of carbonyl (C=O) groups is 1. The van der Waals surface area contributed by atoms with Crippen LogP contribution in [0.4, 0.5) is 5.69 Å². The van der Waals surface area contributed by atoms with E-state index in [4.69, 9.17) is 4.74 Å². The van der Waals surface area contributed by atoms with Gasteiger partial charge in [0.2, 0.25) is 0 Å². The molecule has 0 spiro atoms. The zero-order valence-electron chi connectivity index (χ0n) is 15.7. The van der Waals surface area contributed by atoms with Crippen LogP contribution in [0.2, 0.25) is 0 Å². The van der Waals surface area contributed by atoms with Crippen LogP contribution in [0.5, 0.6) is 0 Å². The second kappa shape index (κ2) is 8.40.